The van der Waals surface area contributed by atoms with Crippen LogP contribution in [-0.4, -0.2) is 52.0 Å². The zero-order valence-corrected chi connectivity index (χ0v) is 21.5. The average Bonchev–Trinajstić information content (AvgIpc) is 3.53. The molecule has 1 saturated heterocycles. The van der Waals surface area contributed by atoms with Crippen molar-refractivity contribution in [2.75, 3.05) is 36.7 Å². The van der Waals surface area contributed by atoms with E-state index >= 15 is 0 Å². The molecule has 2 aromatic carbocycles. The summed E-state index contributed by atoms with van der Waals surface area (Å²) in [6.45, 7) is 6.76. The molecule has 38 heavy (non-hydrogen) atoms. The molecule has 1 fully saturated rings. The molecule has 0 atom stereocenters. The summed E-state index contributed by atoms with van der Waals surface area (Å²) in [5.74, 6) is 2.48. The Labute approximate surface area is 218 Å². The van der Waals surface area contributed by atoms with Crippen LogP contribution in [0.25, 0.3) is 21.9 Å². The fraction of sp³-hybridized carbons (Fsp3) is 0.407. The first-order valence-corrected chi connectivity index (χ1v) is 13.0. The fourth-order valence-electron chi connectivity index (χ4n) is 5.17. The van der Waals surface area contributed by atoms with Crippen LogP contribution in [0.3, 0.4) is 0 Å². The van der Waals surface area contributed by atoms with E-state index in [-0.39, 0.29) is 24.4 Å². The van der Waals surface area contributed by atoms with Gasteiger partial charge in [0, 0.05) is 31.6 Å². The minimum absolute atomic E-state index is 0.103. The van der Waals surface area contributed by atoms with Gasteiger partial charge in [0.25, 0.3) is 0 Å². The summed E-state index contributed by atoms with van der Waals surface area (Å²) < 4.78 is 17.9. The summed E-state index contributed by atoms with van der Waals surface area (Å²) in [6.07, 6.45) is 1.37. The number of rotatable bonds is 7. The Morgan fingerprint density at radius 2 is 1.95 bits per heavy atom. The first-order chi connectivity index (χ1) is 18.5. The number of aromatic amines is 1. The predicted octanol–water partition coefficient (Wildman–Crippen LogP) is 3.41. The first kappa shape index (κ1) is 24.1. The highest BCUT2D eigenvalue weighted by Gasteiger charge is 2.28. The summed E-state index contributed by atoms with van der Waals surface area (Å²) in [6, 6.07) is 9.71. The van der Waals surface area contributed by atoms with Crippen LogP contribution in [0, 0.1) is 5.92 Å². The van der Waals surface area contributed by atoms with Gasteiger partial charge in [-0.25, -0.2) is 9.78 Å². The number of H-pyrrole nitrogens is 1. The van der Waals surface area contributed by atoms with E-state index in [9.17, 15) is 9.59 Å². The van der Waals surface area contributed by atoms with Crippen LogP contribution in [0.5, 0.6) is 11.5 Å². The zero-order valence-electron chi connectivity index (χ0n) is 21.5. The highest BCUT2D eigenvalue weighted by atomic mass is 16.7. The molecule has 2 N–H and O–H groups in total. The molecule has 4 heterocycles. The van der Waals surface area contributed by atoms with Crippen molar-refractivity contribution >= 4 is 39.7 Å². The first-order valence-electron chi connectivity index (χ1n) is 13.0. The largest absolute Gasteiger partial charge is 0.466 e. The fourth-order valence-corrected chi connectivity index (χ4v) is 5.17. The van der Waals surface area contributed by atoms with Crippen molar-refractivity contribution in [2.24, 2.45) is 5.92 Å². The number of carbonyl (C=O) groups is 1. The van der Waals surface area contributed by atoms with Crippen molar-refractivity contribution in [2.45, 2.75) is 39.8 Å². The van der Waals surface area contributed by atoms with Crippen LogP contribution in [0.4, 0.5) is 11.8 Å². The lowest BCUT2D eigenvalue weighted by Crippen LogP contribution is -2.38. The van der Waals surface area contributed by atoms with Crippen LogP contribution >= 0.6 is 0 Å². The number of anilines is 2. The van der Waals surface area contributed by atoms with Gasteiger partial charge in [0.1, 0.15) is 5.82 Å². The van der Waals surface area contributed by atoms with E-state index in [0.717, 1.165) is 39.0 Å². The molecule has 2 aliphatic heterocycles. The molecule has 0 saturated carbocycles. The molecule has 0 unspecified atom stereocenters. The molecule has 0 bridgehead atoms. The SMILES string of the molecule is CCOC(=O)C1CCN(c2nc(NCc3ccc4c(c3)OCO4)c3cc4[nH]c(=O)n(CC)c4cc3n2)CC1. The van der Waals surface area contributed by atoms with E-state index in [1.165, 1.54) is 0 Å². The Balaban J connectivity index is 1.35. The van der Waals surface area contributed by atoms with Gasteiger partial charge >= 0.3 is 11.7 Å². The summed E-state index contributed by atoms with van der Waals surface area (Å²) in [4.78, 5) is 39.5. The molecule has 0 radical (unpaired) electrons. The second kappa shape index (κ2) is 9.88. The number of hydrogen-bond acceptors (Lipinski definition) is 9. The van der Waals surface area contributed by atoms with Crippen LogP contribution in [0.15, 0.2) is 35.1 Å². The highest BCUT2D eigenvalue weighted by molar-refractivity contribution is 5.99. The van der Waals surface area contributed by atoms with E-state index in [1.54, 1.807) is 4.57 Å². The molecule has 6 rings (SSSR count). The molecule has 198 valence electrons. The maximum atomic E-state index is 12.5. The number of fused-ring (bicyclic) bond motifs is 3. The Kier molecular flexibility index (Phi) is 6.26. The second-order valence-corrected chi connectivity index (χ2v) is 9.49. The zero-order chi connectivity index (χ0) is 26.2. The molecule has 0 amide bonds. The number of ether oxygens (including phenoxy) is 3. The summed E-state index contributed by atoms with van der Waals surface area (Å²) >= 11 is 0. The number of benzene rings is 2. The Bertz CT molecular complexity index is 1570. The van der Waals surface area contributed by atoms with Crippen molar-refractivity contribution in [1.82, 2.24) is 19.5 Å². The lowest BCUT2D eigenvalue weighted by atomic mass is 9.97. The van der Waals surface area contributed by atoms with Crippen LogP contribution < -0.4 is 25.4 Å². The maximum Gasteiger partial charge on any atom is 0.326 e. The van der Waals surface area contributed by atoms with E-state index in [1.807, 2.05) is 44.2 Å². The molecular formula is C27H30N6O5. The monoisotopic (exact) mass is 518 g/mol. The van der Waals surface area contributed by atoms with Gasteiger partial charge in [-0.3, -0.25) is 9.36 Å². The number of esters is 1. The molecular weight excluding hydrogens is 488 g/mol. The van der Waals surface area contributed by atoms with Crippen molar-refractivity contribution in [3.8, 4) is 11.5 Å². The molecule has 11 nitrogen and oxygen atoms in total. The van der Waals surface area contributed by atoms with Gasteiger partial charge in [0.15, 0.2) is 11.5 Å². The maximum absolute atomic E-state index is 12.5. The minimum atomic E-state index is -0.151. The molecule has 0 spiro atoms. The lowest BCUT2D eigenvalue weighted by Gasteiger charge is -2.31. The van der Waals surface area contributed by atoms with Crippen molar-refractivity contribution in [3.05, 3.63) is 46.4 Å². The number of nitrogens with one attached hydrogen (secondary N) is 2. The summed E-state index contributed by atoms with van der Waals surface area (Å²) in [5, 5.41) is 4.28. The molecule has 4 aromatic rings. The summed E-state index contributed by atoms with van der Waals surface area (Å²) in [7, 11) is 0. The second-order valence-electron chi connectivity index (χ2n) is 9.49. The third kappa shape index (κ3) is 4.37. The van der Waals surface area contributed by atoms with Crippen molar-refractivity contribution < 1.29 is 19.0 Å². The Morgan fingerprint density at radius 1 is 1.13 bits per heavy atom. The quantitative estimate of drug-likeness (QED) is 0.354. The number of imidazole rings is 1. The predicted molar refractivity (Wildman–Crippen MR) is 143 cm³/mol. The van der Waals surface area contributed by atoms with E-state index in [4.69, 9.17) is 24.2 Å². The van der Waals surface area contributed by atoms with Gasteiger partial charge in [0.05, 0.1) is 29.1 Å². The number of piperidine rings is 1. The minimum Gasteiger partial charge on any atom is -0.466 e. The molecule has 2 aliphatic rings. The van der Waals surface area contributed by atoms with Gasteiger partial charge in [-0.05, 0) is 56.5 Å². The number of aryl methyl sites for hydroxylation is 1. The summed E-state index contributed by atoms with van der Waals surface area (Å²) in [5.41, 5.74) is 3.15. The highest BCUT2D eigenvalue weighted by Crippen LogP contribution is 2.33. The number of carbonyl (C=O) groups excluding carboxylic acids is 1. The number of nitrogens with zero attached hydrogens (tertiary/aromatic N) is 4. The number of hydrogen-bond donors (Lipinski definition) is 2. The third-order valence-electron chi connectivity index (χ3n) is 7.19. The van der Waals surface area contributed by atoms with Gasteiger partial charge in [-0.1, -0.05) is 6.07 Å². The Hall–Kier alpha value is -4.28. The van der Waals surface area contributed by atoms with Gasteiger partial charge in [0.2, 0.25) is 12.7 Å². The molecule has 2 aromatic heterocycles. The van der Waals surface area contributed by atoms with E-state index < -0.39 is 0 Å². The molecule has 0 aliphatic carbocycles. The van der Waals surface area contributed by atoms with Gasteiger partial charge in [-0.15, -0.1) is 0 Å². The van der Waals surface area contributed by atoms with Gasteiger partial charge in [-0.2, -0.15) is 4.98 Å². The number of aromatic nitrogens is 4. The van der Waals surface area contributed by atoms with Crippen molar-refractivity contribution in [3.63, 3.8) is 0 Å². The van der Waals surface area contributed by atoms with Crippen LogP contribution in [-0.2, 0) is 22.6 Å². The lowest BCUT2D eigenvalue weighted by molar-refractivity contribution is -0.148. The van der Waals surface area contributed by atoms with Crippen LogP contribution in [0.2, 0.25) is 0 Å². The molecule has 11 heteroatoms. The smallest absolute Gasteiger partial charge is 0.326 e. The normalized spacial score (nSPS) is 15.4. The topological polar surface area (TPSA) is 124 Å². The van der Waals surface area contributed by atoms with E-state index in [2.05, 4.69) is 15.2 Å². The van der Waals surface area contributed by atoms with E-state index in [0.29, 0.717) is 57.4 Å². The van der Waals surface area contributed by atoms with Crippen molar-refractivity contribution in [1.29, 1.82) is 0 Å². The third-order valence-corrected chi connectivity index (χ3v) is 7.19. The van der Waals surface area contributed by atoms with Gasteiger partial charge < -0.3 is 29.4 Å². The average molecular weight is 519 g/mol. The Morgan fingerprint density at radius 3 is 2.74 bits per heavy atom. The standard InChI is InChI=1S/C27H30N6O5/c1-3-33-21-13-19-18(12-20(21)30-27(33)35)24(28-14-16-5-6-22-23(11-16)38-15-37-22)31-26(29-19)32-9-7-17(8-10-32)25(34)36-4-2/h5-6,11-13,17H,3-4,7-10,14-15H2,1-2H3,(H,30,35)(H,28,29,31). The van der Waals surface area contributed by atoms with Crippen LogP contribution in [0.1, 0.15) is 32.3 Å².